The van der Waals surface area contributed by atoms with Crippen LogP contribution in [-0.2, 0) is 29.8 Å². The van der Waals surface area contributed by atoms with Gasteiger partial charge in [0.1, 0.15) is 55.4 Å². The van der Waals surface area contributed by atoms with Crippen molar-refractivity contribution in [2.24, 2.45) is 5.92 Å². The zero-order chi connectivity index (χ0) is 30.1. The second-order valence-corrected chi connectivity index (χ2v) is 13.1. The third-order valence-corrected chi connectivity index (χ3v) is 9.58. The SMILES string of the molecule is CC(c1ccc(OCC2CO2)cc1)(c1ccc(OCC2CO2)cc1)c1ccc(C(C)(C)C2C=CC(OCC3CO3)=CC2)cc1. The summed E-state index contributed by atoms with van der Waals surface area (Å²) < 4.78 is 33.7. The van der Waals surface area contributed by atoms with Gasteiger partial charge >= 0.3 is 0 Å². The molecule has 230 valence electrons. The van der Waals surface area contributed by atoms with E-state index in [-0.39, 0.29) is 29.1 Å². The van der Waals surface area contributed by atoms with E-state index in [1.807, 2.05) is 0 Å². The highest BCUT2D eigenvalue weighted by atomic mass is 16.6. The molecule has 6 heteroatoms. The number of hydrogen-bond donors (Lipinski definition) is 0. The van der Waals surface area contributed by atoms with E-state index in [9.17, 15) is 0 Å². The summed E-state index contributed by atoms with van der Waals surface area (Å²) >= 11 is 0. The van der Waals surface area contributed by atoms with Crippen molar-refractivity contribution < 1.29 is 28.4 Å². The van der Waals surface area contributed by atoms with Crippen molar-refractivity contribution in [2.75, 3.05) is 39.6 Å². The molecular formula is C38H42O6. The molecule has 3 fully saturated rings. The van der Waals surface area contributed by atoms with Gasteiger partial charge in [0.2, 0.25) is 0 Å². The maximum atomic E-state index is 5.95. The number of benzene rings is 3. The molecule has 0 N–H and O–H groups in total. The van der Waals surface area contributed by atoms with Gasteiger partial charge in [0, 0.05) is 5.41 Å². The summed E-state index contributed by atoms with van der Waals surface area (Å²) in [5.41, 5.74) is 4.52. The molecule has 1 aliphatic carbocycles. The topological polar surface area (TPSA) is 65.3 Å². The molecule has 3 aromatic rings. The predicted molar refractivity (Wildman–Crippen MR) is 169 cm³/mol. The fraction of sp³-hybridized carbons (Fsp3) is 0.421. The van der Waals surface area contributed by atoms with Crippen molar-refractivity contribution in [1.82, 2.24) is 0 Å². The summed E-state index contributed by atoms with van der Waals surface area (Å²) in [6, 6.07) is 26.2. The molecule has 4 aliphatic rings. The molecule has 3 aliphatic heterocycles. The van der Waals surface area contributed by atoms with Crippen LogP contribution < -0.4 is 9.47 Å². The predicted octanol–water partition coefficient (Wildman–Crippen LogP) is 6.75. The number of hydrogen-bond acceptors (Lipinski definition) is 6. The van der Waals surface area contributed by atoms with Gasteiger partial charge in [-0.25, -0.2) is 0 Å². The summed E-state index contributed by atoms with van der Waals surface area (Å²) in [6.45, 7) is 11.2. The summed E-state index contributed by atoms with van der Waals surface area (Å²) in [5, 5.41) is 0. The lowest BCUT2D eigenvalue weighted by molar-refractivity contribution is 0.189. The van der Waals surface area contributed by atoms with Gasteiger partial charge in [-0.1, -0.05) is 68.5 Å². The average molecular weight is 595 g/mol. The van der Waals surface area contributed by atoms with E-state index in [1.54, 1.807) is 0 Å². The Hall–Kier alpha value is -3.58. The maximum absolute atomic E-state index is 5.95. The lowest BCUT2D eigenvalue weighted by atomic mass is 9.68. The van der Waals surface area contributed by atoms with Crippen LogP contribution in [0.2, 0.25) is 0 Å². The minimum Gasteiger partial charge on any atom is -0.491 e. The molecular weight excluding hydrogens is 552 g/mol. The van der Waals surface area contributed by atoms with Gasteiger partial charge in [0.05, 0.1) is 19.8 Å². The van der Waals surface area contributed by atoms with Crippen molar-refractivity contribution >= 4 is 0 Å². The Labute approximate surface area is 260 Å². The molecule has 0 amide bonds. The second kappa shape index (κ2) is 12.1. The van der Waals surface area contributed by atoms with E-state index < -0.39 is 0 Å². The van der Waals surface area contributed by atoms with Crippen LogP contribution in [0.1, 0.15) is 49.4 Å². The van der Waals surface area contributed by atoms with Crippen LogP contribution in [0.5, 0.6) is 11.5 Å². The van der Waals surface area contributed by atoms with Crippen molar-refractivity contribution in [3.8, 4) is 11.5 Å². The number of allylic oxidation sites excluding steroid dienone is 3. The molecule has 3 aromatic carbocycles. The van der Waals surface area contributed by atoms with Gasteiger partial charge in [-0.2, -0.15) is 0 Å². The number of rotatable bonds is 14. The molecule has 0 saturated carbocycles. The minimum absolute atomic E-state index is 0.0401. The van der Waals surface area contributed by atoms with E-state index in [0.29, 0.717) is 25.7 Å². The molecule has 0 bridgehead atoms. The zero-order valence-electron chi connectivity index (χ0n) is 25.9. The monoisotopic (exact) mass is 594 g/mol. The van der Waals surface area contributed by atoms with E-state index in [0.717, 1.165) is 43.5 Å². The largest absolute Gasteiger partial charge is 0.491 e. The Morgan fingerprint density at radius 3 is 1.41 bits per heavy atom. The first-order valence-corrected chi connectivity index (χ1v) is 15.8. The van der Waals surface area contributed by atoms with Crippen LogP contribution in [0.25, 0.3) is 0 Å². The third-order valence-electron chi connectivity index (χ3n) is 9.58. The van der Waals surface area contributed by atoms with Gasteiger partial charge in [0.25, 0.3) is 0 Å². The normalized spacial score (nSPS) is 25.0. The molecule has 7 rings (SSSR count). The van der Waals surface area contributed by atoms with Gasteiger partial charge in [-0.05, 0) is 83.3 Å². The number of epoxide rings is 3. The van der Waals surface area contributed by atoms with Crippen molar-refractivity contribution in [2.45, 2.75) is 56.3 Å². The third kappa shape index (κ3) is 6.58. The van der Waals surface area contributed by atoms with Gasteiger partial charge in [0.15, 0.2) is 0 Å². The van der Waals surface area contributed by atoms with Crippen LogP contribution in [-0.4, -0.2) is 58.0 Å². The first-order valence-electron chi connectivity index (χ1n) is 15.8. The molecule has 3 saturated heterocycles. The van der Waals surface area contributed by atoms with Crippen molar-refractivity contribution in [3.05, 3.63) is 119 Å². The molecule has 4 unspecified atom stereocenters. The highest BCUT2D eigenvalue weighted by molar-refractivity contribution is 5.52. The van der Waals surface area contributed by atoms with Gasteiger partial charge in [-0.3, -0.25) is 0 Å². The highest BCUT2D eigenvalue weighted by Gasteiger charge is 2.34. The zero-order valence-corrected chi connectivity index (χ0v) is 25.9. The standard InChI is InChI=1S/C38H42O6/c1-37(2,27-8-14-31(15-9-27)39-20-34-23-42-34)26-4-6-28(7-5-26)38(3,29-10-16-32(17-11-29)40-21-35-24-43-35)30-12-18-33(19-13-30)41-22-36-25-44-36/h4-8,10-19,27,34-36H,9,20-25H2,1-3H3. The van der Waals surface area contributed by atoms with Crippen LogP contribution in [0, 0.1) is 5.92 Å². The lowest BCUT2D eigenvalue weighted by Crippen LogP contribution is -2.29. The fourth-order valence-electron chi connectivity index (χ4n) is 6.02. The van der Waals surface area contributed by atoms with E-state index in [4.69, 9.17) is 28.4 Å². The van der Waals surface area contributed by atoms with Crippen LogP contribution in [0.3, 0.4) is 0 Å². The number of ether oxygens (including phenoxy) is 6. The molecule has 6 nitrogen and oxygen atoms in total. The summed E-state index contributed by atoms with van der Waals surface area (Å²) in [5.74, 6) is 3.05. The van der Waals surface area contributed by atoms with E-state index >= 15 is 0 Å². The Kier molecular flexibility index (Phi) is 8.00. The minimum atomic E-state index is -0.385. The van der Waals surface area contributed by atoms with Crippen LogP contribution >= 0.6 is 0 Å². The van der Waals surface area contributed by atoms with Gasteiger partial charge < -0.3 is 28.4 Å². The molecule has 0 spiro atoms. The van der Waals surface area contributed by atoms with E-state index in [2.05, 4.69) is 112 Å². The van der Waals surface area contributed by atoms with E-state index in [1.165, 1.54) is 22.3 Å². The first kappa shape index (κ1) is 29.1. The van der Waals surface area contributed by atoms with Crippen LogP contribution in [0.4, 0.5) is 0 Å². The van der Waals surface area contributed by atoms with Crippen LogP contribution in [0.15, 0.2) is 96.8 Å². The fourth-order valence-corrected chi connectivity index (χ4v) is 6.02. The lowest BCUT2D eigenvalue weighted by Gasteiger charge is -2.36. The smallest absolute Gasteiger partial charge is 0.119 e. The Balaban J connectivity index is 1.12. The Morgan fingerprint density at radius 1 is 0.591 bits per heavy atom. The molecule has 44 heavy (non-hydrogen) atoms. The molecule has 3 heterocycles. The Morgan fingerprint density at radius 2 is 1.00 bits per heavy atom. The van der Waals surface area contributed by atoms with Crippen molar-refractivity contribution in [1.29, 1.82) is 0 Å². The first-order chi connectivity index (χ1) is 21.4. The maximum Gasteiger partial charge on any atom is 0.119 e. The second-order valence-electron chi connectivity index (χ2n) is 13.1. The summed E-state index contributed by atoms with van der Waals surface area (Å²) in [4.78, 5) is 0. The average Bonchev–Trinajstić information content (AvgIpc) is 3.91. The molecule has 0 radical (unpaired) electrons. The van der Waals surface area contributed by atoms with Crippen molar-refractivity contribution in [3.63, 3.8) is 0 Å². The Bertz CT molecular complexity index is 1420. The molecule has 0 aromatic heterocycles. The molecule has 4 atom stereocenters. The quantitative estimate of drug-likeness (QED) is 0.152. The highest BCUT2D eigenvalue weighted by Crippen LogP contribution is 2.42. The summed E-state index contributed by atoms with van der Waals surface area (Å²) in [7, 11) is 0. The summed E-state index contributed by atoms with van der Waals surface area (Å²) in [6.07, 6.45) is 8.33. The van der Waals surface area contributed by atoms with Gasteiger partial charge in [-0.15, -0.1) is 0 Å².